The summed E-state index contributed by atoms with van der Waals surface area (Å²) in [4.78, 5) is 2.32. The Bertz CT molecular complexity index is 426. The molecule has 0 aliphatic carbocycles. The Balaban J connectivity index is 2.37. The van der Waals surface area contributed by atoms with Crippen molar-refractivity contribution in [3.05, 3.63) is 22.7 Å². The van der Waals surface area contributed by atoms with Gasteiger partial charge in [-0.3, -0.25) is 0 Å². The zero-order chi connectivity index (χ0) is 13.3. The van der Waals surface area contributed by atoms with Crippen molar-refractivity contribution in [1.29, 1.82) is 0 Å². The molecule has 1 aliphatic heterocycles. The molecule has 1 aromatic rings. The lowest BCUT2D eigenvalue weighted by atomic mass is 10.1. The Morgan fingerprint density at radius 3 is 2.50 bits per heavy atom. The van der Waals surface area contributed by atoms with Crippen molar-refractivity contribution in [2.24, 2.45) is 0 Å². The predicted molar refractivity (Wildman–Crippen MR) is 77.5 cm³/mol. The molecule has 18 heavy (non-hydrogen) atoms. The van der Waals surface area contributed by atoms with Gasteiger partial charge in [0.15, 0.2) is 0 Å². The van der Waals surface area contributed by atoms with E-state index in [1.807, 2.05) is 12.1 Å². The van der Waals surface area contributed by atoms with Crippen LogP contribution in [0.1, 0.15) is 26.3 Å². The molecule has 1 heterocycles. The van der Waals surface area contributed by atoms with Gasteiger partial charge in [0.2, 0.25) is 0 Å². The molecule has 0 amide bonds. The molecule has 0 bridgehead atoms. The van der Waals surface area contributed by atoms with Crippen LogP contribution in [0.2, 0.25) is 5.02 Å². The van der Waals surface area contributed by atoms with E-state index in [0.29, 0.717) is 0 Å². The van der Waals surface area contributed by atoms with Crippen molar-refractivity contribution in [1.82, 2.24) is 0 Å². The molecule has 0 aromatic heterocycles. The fraction of sp³-hybridized carbons (Fsp3) is 0.571. The number of hydrogen-bond donors (Lipinski definition) is 1. The molecule has 1 fully saturated rings. The van der Waals surface area contributed by atoms with Crippen LogP contribution in [0.25, 0.3) is 0 Å². The van der Waals surface area contributed by atoms with Crippen LogP contribution in [-0.2, 0) is 11.2 Å². The van der Waals surface area contributed by atoms with E-state index in [1.165, 1.54) is 5.56 Å². The van der Waals surface area contributed by atoms with Gasteiger partial charge in [-0.05, 0) is 38.0 Å². The quantitative estimate of drug-likeness (QED) is 0.838. The van der Waals surface area contributed by atoms with Crippen LogP contribution in [-0.4, -0.2) is 25.3 Å². The summed E-state index contributed by atoms with van der Waals surface area (Å²) in [6.45, 7) is 8.07. The minimum Gasteiger partial charge on any atom is -0.399 e. The molecule has 1 aliphatic rings. The van der Waals surface area contributed by atoms with E-state index in [0.717, 1.165) is 35.9 Å². The second-order valence-electron chi connectivity index (χ2n) is 5.03. The van der Waals surface area contributed by atoms with Gasteiger partial charge in [-0.15, -0.1) is 0 Å². The molecule has 4 heteroatoms. The molecular formula is C14H21ClN2O. The smallest absolute Gasteiger partial charge is 0.0726 e. The minimum atomic E-state index is 0.229. The van der Waals surface area contributed by atoms with E-state index in [9.17, 15) is 0 Å². The molecule has 1 aromatic carbocycles. The second kappa shape index (κ2) is 5.37. The normalized spacial score (nSPS) is 24.3. The lowest BCUT2D eigenvalue weighted by molar-refractivity contribution is -0.00524. The van der Waals surface area contributed by atoms with Gasteiger partial charge in [-0.25, -0.2) is 0 Å². The highest BCUT2D eigenvalue weighted by Crippen LogP contribution is 2.34. The van der Waals surface area contributed by atoms with Gasteiger partial charge in [-0.1, -0.05) is 18.5 Å². The van der Waals surface area contributed by atoms with Crippen LogP contribution < -0.4 is 10.6 Å². The number of morpholine rings is 1. The van der Waals surface area contributed by atoms with Crippen molar-refractivity contribution in [3.8, 4) is 0 Å². The molecule has 0 radical (unpaired) electrons. The van der Waals surface area contributed by atoms with Gasteiger partial charge in [0.25, 0.3) is 0 Å². The lowest BCUT2D eigenvalue weighted by Crippen LogP contribution is -2.46. The Labute approximate surface area is 114 Å². The fourth-order valence-electron chi connectivity index (χ4n) is 2.66. The van der Waals surface area contributed by atoms with E-state index >= 15 is 0 Å². The van der Waals surface area contributed by atoms with Gasteiger partial charge < -0.3 is 15.4 Å². The van der Waals surface area contributed by atoms with E-state index < -0.39 is 0 Å². The van der Waals surface area contributed by atoms with Crippen molar-refractivity contribution in [2.75, 3.05) is 23.7 Å². The Kier molecular flexibility index (Phi) is 4.03. The highest BCUT2D eigenvalue weighted by molar-refractivity contribution is 6.33. The predicted octanol–water partition coefficient (Wildman–Crippen LogP) is 3.10. The highest BCUT2D eigenvalue weighted by atomic mass is 35.5. The summed E-state index contributed by atoms with van der Waals surface area (Å²) in [5.41, 5.74) is 8.92. The zero-order valence-electron chi connectivity index (χ0n) is 11.2. The fourth-order valence-corrected chi connectivity index (χ4v) is 3.03. The summed E-state index contributed by atoms with van der Waals surface area (Å²) in [6, 6.07) is 3.85. The van der Waals surface area contributed by atoms with Crippen LogP contribution in [0.4, 0.5) is 11.4 Å². The number of hydrogen-bond acceptors (Lipinski definition) is 3. The summed E-state index contributed by atoms with van der Waals surface area (Å²) in [5.74, 6) is 0. The average Bonchev–Trinajstić information content (AvgIpc) is 2.26. The van der Waals surface area contributed by atoms with Gasteiger partial charge in [-0.2, -0.15) is 0 Å². The number of anilines is 2. The molecule has 100 valence electrons. The first-order valence-electron chi connectivity index (χ1n) is 6.49. The van der Waals surface area contributed by atoms with Gasteiger partial charge >= 0.3 is 0 Å². The third-order valence-corrected chi connectivity index (χ3v) is 3.57. The zero-order valence-corrected chi connectivity index (χ0v) is 12.0. The first kappa shape index (κ1) is 13.5. The summed E-state index contributed by atoms with van der Waals surface area (Å²) in [5, 5.41) is 0.744. The monoisotopic (exact) mass is 268 g/mol. The maximum Gasteiger partial charge on any atom is 0.0726 e. The lowest BCUT2D eigenvalue weighted by Gasteiger charge is -2.38. The minimum absolute atomic E-state index is 0.229. The topological polar surface area (TPSA) is 38.5 Å². The third-order valence-electron chi connectivity index (χ3n) is 3.28. The molecule has 2 rings (SSSR count). The first-order chi connectivity index (χ1) is 8.51. The average molecular weight is 269 g/mol. The Hall–Kier alpha value is -0.930. The second-order valence-corrected chi connectivity index (χ2v) is 5.43. The third kappa shape index (κ3) is 2.73. The molecule has 3 nitrogen and oxygen atoms in total. The van der Waals surface area contributed by atoms with Gasteiger partial charge in [0, 0.05) is 18.8 Å². The van der Waals surface area contributed by atoms with E-state index in [-0.39, 0.29) is 12.2 Å². The van der Waals surface area contributed by atoms with Crippen LogP contribution in [0.5, 0.6) is 0 Å². The Morgan fingerprint density at radius 1 is 1.33 bits per heavy atom. The number of nitrogens with zero attached hydrogens (tertiary/aromatic N) is 1. The van der Waals surface area contributed by atoms with Crippen molar-refractivity contribution in [2.45, 2.75) is 39.4 Å². The number of nitrogens with two attached hydrogens (primary N) is 1. The number of halogens is 1. The molecule has 1 saturated heterocycles. The molecule has 2 atom stereocenters. The summed E-state index contributed by atoms with van der Waals surface area (Å²) >= 11 is 6.38. The van der Waals surface area contributed by atoms with Crippen molar-refractivity contribution in [3.63, 3.8) is 0 Å². The molecular weight excluding hydrogens is 248 g/mol. The Morgan fingerprint density at radius 2 is 1.94 bits per heavy atom. The van der Waals surface area contributed by atoms with E-state index in [4.69, 9.17) is 22.1 Å². The largest absolute Gasteiger partial charge is 0.399 e. The number of benzene rings is 1. The summed E-state index contributed by atoms with van der Waals surface area (Å²) in [7, 11) is 0. The number of aryl methyl sites for hydroxylation is 1. The highest BCUT2D eigenvalue weighted by Gasteiger charge is 2.25. The maximum absolute atomic E-state index is 6.38. The first-order valence-corrected chi connectivity index (χ1v) is 6.87. The molecule has 0 unspecified atom stereocenters. The SMILES string of the molecule is CCc1cc(N)cc(Cl)c1N1C[C@@H](C)O[C@@H](C)C1. The summed E-state index contributed by atoms with van der Waals surface area (Å²) in [6.07, 6.45) is 1.39. The number of rotatable bonds is 2. The molecule has 2 N–H and O–H groups in total. The number of ether oxygens (including phenoxy) is 1. The van der Waals surface area contributed by atoms with E-state index in [1.54, 1.807) is 0 Å². The van der Waals surface area contributed by atoms with Crippen LogP contribution in [0.3, 0.4) is 0 Å². The standard InChI is InChI=1S/C14H21ClN2O/c1-4-11-5-12(16)6-13(15)14(11)17-7-9(2)18-10(3)8-17/h5-6,9-10H,4,7-8,16H2,1-3H3/t9-,10+. The van der Waals surface area contributed by atoms with Crippen molar-refractivity contribution >= 4 is 23.0 Å². The van der Waals surface area contributed by atoms with E-state index in [2.05, 4.69) is 25.7 Å². The molecule has 0 saturated carbocycles. The maximum atomic E-state index is 6.38. The van der Waals surface area contributed by atoms with Gasteiger partial charge in [0.05, 0.1) is 22.9 Å². The van der Waals surface area contributed by atoms with Gasteiger partial charge in [0.1, 0.15) is 0 Å². The van der Waals surface area contributed by atoms with Crippen molar-refractivity contribution < 1.29 is 4.74 Å². The van der Waals surface area contributed by atoms with Crippen LogP contribution >= 0.6 is 11.6 Å². The number of nitrogen functional groups attached to an aromatic ring is 1. The van der Waals surface area contributed by atoms with Crippen LogP contribution in [0.15, 0.2) is 12.1 Å². The molecule has 0 spiro atoms. The summed E-state index contributed by atoms with van der Waals surface area (Å²) < 4.78 is 5.77. The van der Waals surface area contributed by atoms with Crippen LogP contribution in [0, 0.1) is 0 Å².